The van der Waals surface area contributed by atoms with Gasteiger partial charge in [-0.3, -0.25) is 4.79 Å². The number of nitrogens with one attached hydrogen (secondary N) is 2. The van der Waals surface area contributed by atoms with Gasteiger partial charge in [-0.1, -0.05) is 46.9 Å². The zero-order chi connectivity index (χ0) is 19.1. The van der Waals surface area contributed by atoms with E-state index in [4.69, 9.17) is 4.74 Å². The topological polar surface area (TPSA) is 76.1 Å². The summed E-state index contributed by atoms with van der Waals surface area (Å²) in [5, 5.41) is 15.0. The SMILES string of the molecule is CC(=O)Nc1cccc(Nc2nnc(SCCOc3ccc(C)cc3)s2)c1. The minimum atomic E-state index is -0.102. The zero-order valence-electron chi connectivity index (χ0n) is 15.1. The van der Waals surface area contributed by atoms with Gasteiger partial charge in [-0.25, -0.2) is 0 Å². The Morgan fingerprint density at radius 2 is 1.93 bits per heavy atom. The molecule has 140 valence electrons. The Labute approximate surface area is 166 Å². The van der Waals surface area contributed by atoms with Gasteiger partial charge in [0.1, 0.15) is 5.75 Å². The van der Waals surface area contributed by atoms with Gasteiger partial charge >= 0.3 is 0 Å². The second-order valence-electron chi connectivity index (χ2n) is 5.77. The van der Waals surface area contributed by atoms with Crippen LogP contribution in [0.5, 0.6) is 5.75 Å². The molecule has 0 spiro atoms. The molecule has 3 rings (SSSR count). The van der Waals surface area contributed by atoms with Crippen LogP contribution in [0.3, 0.4) is 0 Å². The number of carbonyl (C=O) groups excluding carboxylic acids is 1. The highest BCUT2D eigenvalue weighted by molar-refractivity contribution is 8.01. The molecule has 0 saturated carbocycles. The Morgan fingerprint density at radius 3 is 2.70 bits per heavy atom. The number of rotatable bonds is 8. The largest absolute Gasteiger partial charge is 0.493 e. The van der Waals surface area contributed by atoms with Crippen molar-refractivity contribution in [3.63, 3.8) is 0 Å². The third-order valence-corrected chi connectivity index (χ3v) is 5.38. The van der Waals surface area contributed by atoms with Crippen LogP contribution in [-0.4, -0.2) is 28.5 Å². The van der Waals surface area contributed by atoms with Gasteiger partial charge in [0.15, 0.2) is 4.34 Å². The molecule has 0 atom stereocenters. The fraction of sp³-hybridized carbons (Fsp3) is 0.211. The van der Waals surface area contributed by atoms with E-state index in [0.717, 1.165) is 27.2 Å². The van der Waals surface area contributed by atoms with E-state index in [2.05, 4.69) is 27.8 Å². The predicted octanol–water partition coefficient (Wildman–Crippen LogP) is 4.72. The van der Waals surface area contributed by atoms with Crippen molar-refractivity contribution in [2.75, 3.05) is 23.0 Å². The number of amides is 1. The molecule has 0 saturated heterocycles. The molecule has 0 aliphatic heterocycles. The first kappa shape index (κ1) is 19.2. The molecule has 2 N–H and O–H groups in total. The number of hydrogen-bond acceptors (Lipinski definition) is 7. The van der Waals surface area contributed by atoms with Crippen molar-refractivity contribution in [2.24, 2.45) is 0 Å². The van der Waals surface area contributed by atoms with Crippen LogP contribution in [-0.2, 0) is 4.79 Å². The summed E-state index contributed by atoms with van der Waals surface area (Å²) in [5.41, 5.74) is 2.80. The Morgan fingerprint density at radius 1 is 1.15 bits per heavy atom. The maximum absolute atomic E-state index is 11.2. The lowest BCUT2D eigenvalue weighted by Gasteiger charge is -2.06. The zero-order valence-corrected chi connectivity index (χ0v) is 16.7. The van der Waals surface area contributed by atoms with Gasteiger partial charge in [0, 0.05) is 24.1 Å². The van der Waals surface area contributed by atoms with Crippen LogP contribution >= 0.6 is 23.1 Å². The number of thioether (sulfide) groups is 1. The minimum absolute atomic E-state index is 0.102. The minimum Gasteiger partial charge on any atom is -0.493 e. The fourth-order valence-corrected chi connectivity index (χ4v) is 3.90. The first-order chi connectivity index (χ1) is 13.1. The van der Waals surface area contributed by atoms with E-state index in [9.17, 15) is 4.79 Å². The van der Waals surface area contributed by atoms with Crippen LogP contribution < -0.4 is 15.4 Å². The van der Waals surface area contributed by atoms with Gasteiger partial charge in [-0.2, -0.15) is 0 Å². The maximum Gasteiger partial charge on any atom is 0.221 e. The quantitative estimate of drug-likeness (QED) is 0.421. The van der Waals surface area contributed by atoms with Gasteiger partial charge < -0.3 is 15.4 Å². The molecule has 0 unspecified atom stereocenters. The summed E-state index contributed by atoms with van der Waals surface area (Å²) in [6.45, 7) is 4.14. The lowest BCUT2D eigenvalue weighted by atomic mass is 10.2. The van der Waals surface area contributed by atoms with E-state index in [1.807, 2.05) is 48.5 Å². The van der Waals surface area contributed by atoms with Crippen molar-refractivity contribution in [2.45, 2.75) is 18.2 Å². The summed E-state index contributed by atoms with van der Waals surface area (Å²) in [6.07, 6.45) is 0. The average Bonchev–Trinajstić information content (AvgIpc) is 3.07. The average molecular weight is 401 g/mol. The smallest absolute Gasteiger partial charge is 0.221 e. The van der Waals surface area contributed by atoms with Crippen LogP contribution in [0.25, 0.3) is 0 Å². The Hall–Kier alpha value is -2.58. The number of benzene rings is 2. The number of aromatic nitrogens is 2. The number of aryl methyl sites for hydroxylation is 1. The van der Waals surface area contributed by atoms with Crippen molar-refractivity contribution in [1.29, 1.82) is 0 Å². The summed E-state index contributed by atoms with van der Waals surface area (Å²) in [5.74, 6) is 1.56. The molecular formula is C19H20N4O2S2. The molecular weight excluding hydrogens is 380 g/mol. The van der Waals surface area contributed by atoms with Gasteiger partial charge in [-0.05, 0) is 37.3 Å². The standard InChI is InChI=1S/C19H20N4O2S2/c1-13-6-8-17(9-7-13)25-10-11-26-19-23-22-18(27-19)21-16-5-3-4-15(12-16)20-14(2)24/h3-9,12H,10-11H2,1-2H3,(H,20,24)(H,21,22). The van der Waals surface area contributed by atoms with E-state index in [1.165, 1.54) is 23.8 Å². The number of ether oxygens (including phenoxy) is 1. The second-order valence-corrected chi connectivity index (χ2v) is 8.09. The molecule has 27 heavy (non-hydrogen) atoms. The van der Waals surface area contributed by atoms with Crippen LogP contribution in [0.4, 0.5) is 16.5 Å². The molecule has 6 nitrogen and oxygen atoms in total. The first-order valence-electron chi connectivity index (χ1n) is 8.39. The third kappa shape index (κ3) is 6.26. The molecule has 1 aromatic heterocycles. The second kappa shape index (κ2) is 9.38. The highest BCUT2D eigenvalue weighted by Gasteiger charge is 2.06. The number of anilines is 3. The van der Waals surface area contributed by atoms with Crippen molar-refractivity contribution >= 4 is 45.5 Å². The van der Waals surface area contributed by atoms with E-state index in [1.54, 1.807) is 11.8 Å². The van der Waals surface area contributed by atoms with Gasteiger partial charge in [0.2, 0.25) is 11.0 Å². The molecule has 1 heterocycles. The van der Waals surface area contributed by atoms with Crippen LogP contribution in [0.2, 0.25) is 0 Å². The summed E-state index contributed by atoms with van der Waals surface area (Å²) in [4.78, 5) is 11.2. The molecule has 3 aromatic rings. The fourth-order valence-electron chi connectivity index (χ4n) is 2.24. The van der Waals surface area contributed by atoms with E-state index >= 15 is 0 Å². The number of hydrogen-bond donors (Lipinski definition) is 2. The van der Waals surface area contributed by atoms with Gasteiger partial charge in [0.25, 0.3) is 0 Å². The molecule has 8 heteroatoms. The van der Waals surface area contributed by atoms with Crippen molar-refractivity contribution in [3.8, 4) is 5.75 Å². The van der Waals surface area contributed by atoms with Crippen LogP contribution in [0, 0.1) is 6.92 Å². The molecule has 0 radical (unpaired) electrons. The third-order valence-electron chi connectivity index (χ3n) is 3.44. The molecule has 0 aliphatic rings. The van der Waals surface area contributed by atoms with Crippen molar-refractivity contribution in [1.82, 2.24) is 10.2 Å². The Kier molecular flexibility index (Phi) is 6.67. The lowest BCUT2D eigenvalue weighted by molar-refractivity contribution is -0.114. The summed E-state index contributed by atoms with van der Waals surface area (Å²) >= 11 is 3.09. The molecule has 2 aromatic carbocycles. The summed E-state index contributed by atoms with van der Waals surface area (Å²) in [7, 11) is 0. The highest BCUT2D eigenvalue weighted by atomic mass is 32.2. The molecule has 0 fully saturated rings. The summed E-state index contributed by atoms with van der Waals surface area (Å²) in [6, 6.07) is 15.5. The molecule has 0 aliphatic carbocycles. The van der Waals surface area contributed by atoms with Crippen LogP contribution in [0.15, 0.2) is 52.9 Å². The lowest BCUT2D eigenvalue weighted by Crippen LogP contribution is -2.05. The molecule has 0 bridgehead atoms. The van der Waals surface area contributed by atoms with Gasteiger partial charge in [0.05, 0.1) is 6.61 Å². The normalized spacial score (nSPS) is 10.4. The number of carbonyl (C=O) groups is 1. The van der Waals surface area contributed by atoms with E-state index in [0.29, 0.717) is 11.7 Å². The maximum atomic E-state index is 11.2. The first-order valence-corrected chi connectivity index (χ1v) is 10.2. The van der Waals surface area contributed by atoms with Gasteiger partial charge in [-0.15, -0.1) is 10.2 Å². The van der Waals surface area contributed by atoms with Crippen LogP contribution in [0.1, 0.15) is 12.5 Å². The van der Waals surface area contributed by atoms with Crippen molar-refractivity contribution < 1.29 is 9.53 Å². The van der Waals surface area contributed by atoms with Crippen molar-refractivity contribution in [3.05, 3.63) is 54.1 Å². The summed E-state index contributed by atoms with van der Waals surface area (Å²) < 4.78 is 6.59. The Balaban J connectivity index is 1.47. The van der Waals surface area contributed by atoms with E-state index in [-0.39, 0.29) is 5.91 Å². The predicted molar refractivity (Wildman–Crippen MR) is 111 cm³/mol. The highest BCUT2D eigenvalue weighted by Crippen LogP contribution is 2.28. The monoisotopic (exact) mass is 400 g/mol. The Bertz CT molecular complexity index is 897. The number of nitrogens with zero attached hydrogens (tertiary/aromatic N) is 2. The van der Waals surface area contributed by atoms with E-state index < -0.39 is 0 Å². The molecule has 1 amide bonds.